The number of carbonyl (C=O) groups excluding carboxylic acids is 2. The summed E-state index contributed by atoms with van der Waals surface area (Å²) < 4.78 is 0. The van der Waals surface area contributed by atoms with Crippen molar-refractivity contribution in [3.8, 4) is 0 Å². The standard InChI is InChI=1S/C17H25N3O2S.ClH/c1-17(2,3)14(18)15(21)19-13-6-4-5-12(11-13)16(22)20-7-9-23-10-8-20;/h4-6,11,14H,7-10,18H2,1-3H3,(H,19,21);1H/t14-;/m1./s1. The highest BCUT2D eigenvalue weighted by Crippen LogP contribution is 2.20. The van der Waals surface area contributed by atoms with Crippen molar-refractivity contribution in [3.05, 3.63) is 29.8 Å². The fourth-order valence-corrected chi connectivity index (χ4v) is 3.20. The number of nitrogens with zero attached hydrogens (tertiary/aromatic N) is 1. The molecule has 0 spiro atoms. The van der Waals surface area contributed by atoms with Gasteiger partial charge in [0, 0.05) is 35.8 Å². The molecular formula is C17H26ClN3O2S. The maximum Gasteiger partial charge on any atom is 0.253 e. The molecule has 1 aliphatic rings. The van der Waals surface area contributed by atoms with Crippen molar-refractivity contribution >= 4 is 41.7 Å². The van der Waals surface area contributed by atoms with Crippen molar-refractivity contribution in [1.82, 2.24) is 4.90 Å². The quantitative estimate of drug-likeness (QED) is 0.856. The third-order valence-corrected chi connectivity index (χ3v) is 4.83. The van der Waals surface area contributed by atoms with E-state index in [1.165, 1.54) is 0 Å². The second-order valence-corrected chi connectivity index (χ2v) is 8.04. The Labute approximate surface area is 154 Å². The molecule has 1 saturated heterocycles. The Morgan fingerprint density at radius 2 is 1.88 bits per heavy atom. The van der Waals surface area contributed by atoms with Gasteiger partial charge in [-0.1, -0.05) is 26.8 Å². The van der Waals surface area contributed by atoms with Crippen molar-refractivity contribution in [3.63, 3.8) is 0 Å². The molecule has 5 nitrogen and oxygen atoms in total. The number of rotatable bonds is 3. The SMILES string of the molecule is CC(C)(C)[C@H](N)C(=O)Nc1cccc(C(=O)N2CCSCC2)c1.Cl. The van der Waals surface area contributed by atoms with Crippen LogP contribution in [0.25, 0.3) is 0 Å². The van der Waals surface area contributed by atoms with Gasteiger partial charge in [0.05, 0.1) is 6.04 Å². The van der Waals surface area contributed by atoms with E-state index < -0.39 is 6.04 Å². The first-order valence-corrected chi connectivity index (χ1v) is 8.98. The molecule has 0 bridgehead atoms. The summed E-state index contributed by atoms with van der Waals surface area (Å²) in [6.07, 6.45) is 0. The van der Waals surface area contributed by atoms with Crippen LogP contribution in [0, 0.1) is 5.41 Å². The molecule has 2 rings (SSSR count). The van der Waals surface area contributed by atoms with Crippen molar-refractivity contribution < 1.29 is 9.59 Å². The van der Waals surface area contributed by atoms with Gasteiger partial charge in [-0.3, -0.25) is 9.59 Å². The molecule has 24 heavy (non-hydrogen) atoms. The lowest BCUT2D eigenvalue weighted by atomic mass is 9.87. The predicted molar refractivity (Wildman–Crippen MR) is 103 cm³/mol. The normalized spacial score (nSPS) is 16.1. The van der Waals surface area contributed by atoms with Gasteiger partial charge in [0.1, 0.15) is 0 Å². The van der Waals surface area contributed by atoms with E-state index in [0.717, 1.165) is 24.6 Å². The summed E-state index contributed by atoms with van der Waals surface area (Å²) in [6, 6.07) is 6.45. The molecule has 0 aromatic heterocycles. The molecule has 0 unspecified atom stereocenters. The van der Waals surface area contributed by atoms with E-state index in [-0.39, 0.29) is 29.6 Å². The van der Waals surface area contributed by atoms with E-state index in [2.05, 4.69) is 5.32 Å². The summed E-state index contributed by atoms with van der Waals surface area (Å²) in [5.74, 6) is 1.73. The molecular weight excluding hydrogens is 346 g/mol. The molecule has 0 saturated carbocycles. The van der Waals surface area contributed by atoms with E-state index >= 15 is 0 Å². The monoisotopic (exact) mass is 371 g/mol. The Bertz CT molecular complexity index is 583. The van der Waals surface area contributed by atoms with Gasteiger partial charge < -0.3 is 16.0 Å². The molecule has 1 heterocycles. The number of hydrogen-bond acceptors (Lipinski definition) is 4. The van der Waals surface area contributed by atoms with Crippen molar-refractivity contribution in [2.24, 2.45) is 11.1 Å². The molecule has 3 N–H and O–H groups in total. The predicted octanol–water partition coefficient (Wildman–Crippen LogP) is 2.61. The summed E-state index contributed by atoms with van der Waals surface area (Å²) in [5.41, 5.74) is 6.85. The van der Waals surface area contributed by atoms with Crippen LogP contribution in [-0.4, -0.2) is 47.4 Å². The van der Waals surface area contributed by atoms with Gasteiger partial charge in [0.2, 0.25) is 5.91 Å². The van der Waals surface area contributed by atoms with Crippen LogP contribution < -0.4 is 11.1 Å². The molecule has 1 aromatic rings. The van der Waals surface area contributed by atoms with E-state index in [4.69, 9.17) is 5.73 Å². The van der Waals surface area contributed by atoms with Gasteiger partial charge in [-0.2, -0.15) is 11.8 Å². The minimum absolute atomic E-state index is 0. The van der Waals surface area contributed by atoms with Gasteiger partial charge >= 0.3 is 0 Å². The summed E-state index contributed by atoms with van der Waals surface area (Å²) in [6.45, 7) is 7.31. The number of benzene rings is 1. The van der Waals surface area contributed by atoms with Gasteiger partial charge in [-0.25, -0.2) is 0 Å². The highest BCUT2D eigenvalue weighted by Gasteiger charge is 2.27. The average Bonchev–Trinajstić information content (AvgIpc) is 2.53. The molecule has 2 amide bonds. The molecule has 1 aliphatic heterocycles. The van der Waals surface area contributed by atoms with Crippen LogP contribution in [0.4, 0.5) is 5.69 Å². The van der Waals surface area contributed by atoms with E-state index in [9.17, 15) is 9.59 Å². The molecule has 0 aliphatic carbocycles. The number of carbonyl (C=O) groups is 2. The second kappa shape index (κ2) is 8.74. The number of thioether (sulfide) groups is 1. The first-order chi connectivity index (χ1) is 10.8. The summed E-state index contributed by atoms with van der Waals surface area (Å²) in [5, 5.41) is 2.81. The Hall–Kier alpha value is -1.24. The number of anilines is 1. The van der Waals surface area contributed by atoms with Crippen molar-refractivity contribution in [2.45, 2.75) is 26.8 Å². The zero-order chi connectivity index (χ0) is 17.0. The van der Waals surface area contributed by atoms with Crippen molar-refractivity contribution in [1.29, 1.82) is 0 Å². The second-order valence-electron chi connectivity index (χ2n) is 6.82. The fourth-order valence-electron chi connectivity index (χ4n) is 2.29. The van der Waals surface area contributed by atoms with Crippen molar-refractivity contribution in [2.75, 3.05) is 29.9 Å². The highest BCUT2D eigenvalue weighted by molar-refractivity contribution is 7.99. The largest absolute Gasteiger partial charge is 0.337 e. The summed E-state index contributed by atoms with van der Waals surface area (Å²) >= 11 is 1.86. The van der Waals surface area contributed by atoms with Crippen LogP contribution in [0.2, 0.25) is 0 Å². The Morgan fingerprint density at radius 1 is 1.25 bits per heavy atom. The van der Waals surface area contributed by atoms with Crippen LogP contribution in [0.1, 0.15) is 31.1 Å². The topological polar surface area (TPSA) is 75.4 Å². The highest BCUT2D eigenvalue weighted by atomic mass is 35.5. The van der Waals surface area contributed by atoms with E-state index in [1.54, 1.807) is 24.3 Å². The van der Waals surface area contributed by atoms with Gasteiger partial charge in [0.25, 0.3) is 5.91 Å². The lowest BCUT2D eigenvalue weighted by Gasteiger charge is -2.27. The van der Waals surface area contributed by atoms with Crippen LogP contribution in [0.15, 0.2) is 24.3 Å². The molecule has 0 radical (unpaired) electrons. The molecule has 7 heteroatoms. The number of nitrogens with one attached hydrogen (secondary N) is 1. The van der Waals surface area contributed by atoms with E-state index in [1.807, 2.05) is 37.4 Å². The van der Waals surface area contributed by atoms with Crippen LogP contribution in [0.3, 0.4) is 0 Å². The third kappa shape index (κ3) is 5.40. The lowest BCUT2D eigenvalue weighted by Crippen LogP contribution is -2.45. The third-order valence-electron chi connectivity index (χ3n) is 3.89. The number of nitrogens with two attached hydrogens (primary N) is 1. The maximum absolute atomic E-state index is 12.5. The van der Waals surface area contributed by atoms with Crippen LogP contribution >= 0.6 is 24.2 Å². The summed E-state index contributed by atoms with van der Waals surface area (Å²) in [7, 11) is 0. The smallest absolute Gasteiger partial charge is 0.253 e. The minimum atomic E-state index is -0.610. The number of hydrogen-bond donors (Lipinski definition) is 2. The van der Waals surface area contributed by atoms with E-state index in [0.29, 0.717) is 11.3 Å². The van der Waals surface area contributed by atoms with Crippen LogP contribution in [0.5, 0.6) is 0 Å². The van der Waals surface area contributed by atoms with Crippen LogP contribution in [-0.2, 0) is 4.79 Å². The minimum Gasteiger partial charge on any atom is -0.337 e. The van der Waals surface area contributed by atoms with Gasteiger partial charge in [-0.15, -0.1) is 12.4 Å². The molecule has 134 valence electrons. The molecule has 1 atom stereocenters. The fraction of sp³-hybridized carbons (Fsp3) is 0.529. The Morgan fingerprint density at radius 3 is 2.46 bits per heavy atom. The number of amides is 2. The average molecular weight is 372 g/mol. The maximum atomic E-state index is 12.5. The lowest BCUT2D eigenvalue weighted by molar-refractivity contribution is -0.119. The zero-order valence-electron chi connectivity index (χ0n) is 14.4. The van der Waals surface area contributed by atoms with Gasteiger partial charge in [0.15, 0.2) is 0 Å². The first-order valence-electron chi connectivity index (χ1n) is 7.82. The Balaban J connectivity index is 0.00000288. The van der Waals surface area contributed by atoms with Gasteiger partial charge in [-0.05, 0) is 23.6 Å². The summed E-state index contributed by atoms with van der Waals surface area (Å²) in [4.78, 5) is 26.6. The number of halogens is 1. The first kappa shape index (κ1) is 20.8. The Kier molecular flexibility index (Phi) is 7.57. The molecule has 1 fully saturated rings. The molecule has 1 aromatic carbocycles. The zero-order valence-corrected chi connectivity index (χ0v) is 16.0.